The maximum absolute atomic E-state index is 14.3. The van der Waals surface area contributed by atoms with E-state index in [1.807, 2.05) is 5.32 Å². The first kappa shape index (κ1) is 19.6. The Kier molecular flexibility index (Phi) is 4.97. The molecular formula is C18H16F4N4O2. The van der Waals surface area contributed by atoms with Crippen LogP contribution in [0.1, 0.15) is 23.1 Å². The molecule has 0 bridgehead atoms. The summed E-state index contributed by atoms with van der Waals surface area (Å²) < 4.78 is 59.0. The van der Waals surface area contributed by atoms with Crippen LogP contribution < -0.4 is 10.1 Å². The molecule has 6 nitrogen and oxygen atoms in total. The molecule has 2 aromatic heterocycles. The highest BCUT2D eigenvalue weighted by Gasteiger charge is 2.37. The lowest BCUT2D eigenvalue weighted by atomic mass is 10.1. The third kappa shape index (κ3) is 3.62. The molecule has 1 unspecified atom stereocenters. The van der Waals surface area contributed by atoms with Gasteiger partial charge in [-0.1, -0.05) is 0 Å². The number of carbonyl (C=O) groups is 1. The van der Waals surface area contributed by atoms with Crippen LogP contribution in [-0.4, -0.2) is 39.6 Å². The van der Waals surface area contributed by atoms with E-state index in [1.54, 1.807) is 13.0 Å². The number of nitrogens with one attached hydrogen (secondary N) is 1. The SMILES string of the molecule is COc1ccc(F)c(-c2cc(C)n3cnc(C(=O)NC(C)C(F)(F)F)c3n2)c1. The molecule has 148 valence electrons. The predicted octanol–water partition coefficient (Wildman–Crippen LogP) is 3.53. The minimum Gasteiger partial charge on any atom is -0.497 e. The Morgan fingerprint density at radius 2 is 2.00 bits per heavy atom. The lowest BCUT2D eigenvalue weighted by Crippen LogP contribution is -2.43. The smallest absolute Gasteiger partial charge is 0.408 e. The van der Waals surface area contributed by atoms with Gasteiger partial charge in [0.15, 0.2) is 11.3 Å². The largest absolute Gasteiger partial charge is 0.497 e. The molecule has 0 fully saturated rings. The number of hydrogen-bond donors (Lipinski definition) is 1. The molecule has 0 radical (unpaired) electrons. The number of rotatable bonds is 4. The summed E-state index contributed by atoms with van der Waals surface area (Å²) in [5.41, 5.74) is 0.618. The summed E-state index contributed by atoms with van der Waals surface area (Å²) in [6.07, 6.45) is -3.32. The van der Waals surface area contributed by atoms with Crippen molar-refractivity contribution in [3.63, 3.8) is 0 Å². The number of fused-ring (bicyclic) bond motifs is 1. The summed E-state index contributed by atoms with van der Waals surface area (Å²) in [5, 5.41) is 1.85. The number of aromatic nitrogens is 3. The first-order chi connectivity index (χ1) is 13.1. The second kappa shape index (κ2) is 7.10. The fourth-order valence-corrected chi connectivity index (χ4v) is 2.59. The number of imidazole rings is 1. The molecule has 0 aliphatic rings. The number of aryl methyl sites for hydroxylation is 1. The first-order valence-electron chi connectivity index (χ1n) is 8.18. The average molecular weight is 396 g/mol. The molecule has 1 N–H and O–H groups in total. The van der Waals surface area contributed by atoms with Gasteiger partial charge in [-0.25, -0.2) is 14.4 Å². The molecular weight excluding hydrogens is 380 g/mol. The first-order valence-corrected chi connectivity index (χ1v) is 8.18. The predicted molar refractivity (Wildman–Crippen MR) is 92.7 cm³/mol. The average Bonchev–Trinajstić information content (AvgIpc) is 3.06. The Balaban J connectivity index is 2.08. The Morgan fingerprint density at radius 3 is 2.64 bits per heavy atom. The van der Waals surface area contributed by atoms with Crippen molar-refractivity contribution in [2.24, 2.45) is 0 Å². The number of methoxy groups -OCH3 is 1. The summed E-state index contributed by atoms with van der Waals surface area (Å²) >= 11 is 0. The second-order valence-electron chi connectivity index (χ2n) is 6.15. The standard InChI is InChI=1S/C18H16F4N4O2/c1-9-6-14(12-7-11(28-3)4-5-13(12)19)25-16-15(23-8-26(9)16)17(27)24-10(2)18(20,21)22/h4-8,10H,1-3H3,(H,24,27). The topological polar surface area (TPSA) is 68.5 Å². The van der Waals surface area contributed by atoms with Crippen molar-refractivity contribution in [2.75, 3.05) is 7.11 Å². The van der Waals surface area contributed by atoms with E-state index in [0.29, 0.717) is 11.4 Å². The third-order valence-electron chi connectivity index (χ3n) is 4.20. The van der Waals surface area contributed by atoms with Gasteiger partial charge in [-0.2, -0.15) is 13.2 Å². The van der Waals surface area contributed by atoms with Crippen LogP contribution in [0.3, 0.4) is 0 Å². The molecule has 0 saturated carbocycles. The van der Waals surface area contributed by atoms with E-state index < -0.39 is 23.9 Å². The molecule has 1 atom stereocenters. The Bertz CT molecular complexity index is 1050. The fourth-order valence-electron chi connectivity index (χ4n) is 2.59. The normalized spacial score (nSPS) is 12.8. The van der Waals surface area contributed by atoms with E-state index in [0.717, 1.165) is 6.92 Å². The number of alkyl halides is 3. The van der Waals surface area contributed by atoms with Gasteiger partial charge in [0.05, 0.1) is 12.8 Å². The van der Waals surface area contributed by atoms with Crippen LogP contribution in [0.25, 0.3) is 16.9 Å². The Hall–Kier alpha value is -3.17. The Morgan fingerprint density at radius 1 is 1.29 bits per heavy atom. The maximum Gasteiger partial charge on any atom is 0.408 e. The van der Waals surface area contributed by atoms with E-state index in [-0.39, 0.29) is 22.6 Å². The minimum absolute atomic E-state index is 0.0177. The highest BCUT2D eigenvalue weighted by atomic mass is 19.4. The van der Waals surface area contributed by atoms with Crippen LogP contribution in [0.2, 0.25) is 0 Å². The van der Waals surface area contributed by atoms with Crippen LogP contribution in [-0.2, 0) is 0 Å². The fraction of sp³-hybridized carbons (Fsp3) is 0.278. The zero-order valence-electron chi connectivity index (χ0n) is 15.1. The van der Waals surface area contributed by atoms with E-state index in [4.69, 9.17) is 4.74 Å². The molecule has 3 aromatic rings. The molecule has 2 heterocycles. The number of benzene rings is 1. The van der Waals surface area contributed by atoms with Crippen LogP contribution in [0, 0.1) is 12.7 Å². The zero-order chi connectivity index (χ0) is 20.6. The van der Waals surface area contributed by atoms with Gasteiger partial charge in [0.1, 0.15) is 23.9 Å². The number of nitrogens with zero attached hydrogens (tertiary/aromatic N) is 3. The van der Waals surface area contributed by atoms with Gasteiger partial charge in [-0.05, 0) is 38.1 Å². The van der Waals surface area contributed by atoms with Gasteiger partial charge in [0, 0.05) is 11.3 Å². The van der Waals surface area contributed by atoms with Crippen molar-refractivity contribution in [1.29, 1.82) is 0 Å². The van der Waals surface area contributed by atoms with Gasteiger partial charge in [0.25, 0.3) is 5.91 Å². The van der Waals surface area contributed by atoms with Gasteiger partial charge < -0.3 is 10.1 Å². The van der Waals surface area contributed by atoms with Gasteiger partial charge >= 0.3 is 6.18 Å². The molecule has 0 saturated heterocycles. The van der Waals surface area contributed by atoms with Crippen molar-refractivity contribution in [2.45, 2.75) is 26.1 Å². The number of amides is 1. The number of ether oxygens (including phenoxy) is 1. The lowest BCUT2D eigenvalue weighted by Gasteiger charge is -2.16. The van der Waals surface area contributed by atoms with Crippen LogP contribution in [0.5, 0.6) is 5.75 Å². The quantitative estimate of drug-likeness (QED) is 0.685. The molecule has 1 aromatic carbocycles. The van der Waals surface area contributed by atoms with Crippen LogP contribution in [0.15, 0.2) is 30.6 Å². The summed E-state index contributed by atoms with van der Waals surface area (Å²) in [6, 6.07) is 3.61. The molecule has 28 heavy (non-hydrogen) atoms. The molecule has 10 heteroatoms. The van der Waals surface area contributed by atoms with E-state index in [9.17, 15) is 22.4 Å². The lowest BCUT2D eigenvalue weighted by molar-refractivity contribution is -0.149. The molecule has 0 aliphatic carbocycles. The third-order valence-corrected chi connectivity index (χ3v) is 4.20. The highest BCUT2D eigenvalue weighted by molar-refractivity contribution is 5.98. The maximum atomic E-state index is 14.3. The van der Waals surface area contributed by atoms with Crippen molar-refractivity contribution in [3.8, 4) is 17.0 Å². The van der Waals surface area contributed by atoms with Crippen molar-refractivity contribution in [1.82, 2.24) is 19.7 Å². The van der Waals surface area contributed by atoms with Gasteiger partial charge in [0.2, 0.25) is 0 Å². The minimum atomic E-state index is -4.59. The van der Waals surface area contributed by atoms with E-state index in [1.165, 1.54) is 36.0 Å². The van der Waals surface area contributed by atoms with Crippen LogP contribution >= 0.6 is 0 Å². The number of carbonyl (C=O) groups excluding carboxylic acids is 1. The molecule has 1 amide bonds. The number of hydrogen-bond acceptors (Lipinski definition) is 4. The van der Waals surface area contributed by atoms with Crippen LogP contribution in [0.4, 0.5) is 17.6 Å². The van der Waals surface area contributed by atoms with Crippen molar-refractivity contribution < 1.29 is 27.1 Å². The van der Waals surface area contributed by atoms with E-state index in [2.05, 4.69) is 9.97 Å². The summed E-state index contributed by atoms with van der Waals surface area (Å²) in [7, 11) is 1.43. The highest BCUT2D eigenvalue weighted by Crippen LogP contribution is 2.27. The second-order valence-corrected chi connectivity index (χ2v) is 6.15. The monoisotopic (exact) mass is 396 g/mol. The number of halogens is 4. The molecule has 3 rings (SSSR count). The summed E-state index contributed by atoms with van der Waals surface area (Å²) in [6.45, 7) is 2.50. The van der Waals surface area contributed by atoms with E-state index >= 15 is 0 Å². The molecule has 0 aliphatic heterocycles. The zero-order valence-corrected chi connectivity index (χ0v) is 15.1. The summed E-state index contributed by atoms with van der Waals surface area (Å²) in [5.74, 6) is -1.18. The van der Waals surface area contributed by atoms with Gasteiger partial charge in [-0.3, -0.25) is 9.20 Å². The van der Waals surface area contributed by atoms with Gasteiger partial charge in [-0.15, -0.1) is 0 Å². The Labute approximate surface area is 157 Å². The summed E-state index contributed by atoms with van der Waals surface area (Å²) in [4.78, 5) is 20.4. The molecule has 0 spiro atoms. The van der Waals surface area contributed by atoms with Crippen molar-refractivity contribution in [3.05, 3.63) is 47.8 Å². The van der Waals surface area contributed by atoms with Crippen molar-refractivity contribution >= 4 is 11.6 Å².